The summed E-state index contributed by atoms with van der Waals surface area (Å²) in [5.41, 5.74) is 0.584. The Balaban J connectivity index is 1.61. The van der Waals surface area contributed by atoms with Crippen LogP contribution in [0.25, 0.3) is 0 Å². The average molecular weight is 421 g/mol. The van der Waals surface area contributed by atoms with E-state index < -0.39 is 5.60 Å². The Morgan fingerprint density at radius 1 is 1.43 bits per heavy atom. The number of morpholine rings is 1. The Hall–Kier alpha value is -2.29. The number of carbonyl (C=O) groups excluding carboxylic acids is 1. The van der Waals surface area contributed by atoms with Gasteiger partial charge in [-0.25, -0.2) is 4.79 Å². The second kappa shape index (κ2) is 9.68. The van der Waals surface area contributed by atoms with E-state index in [4.69, 9.17) is 14.5 Å². The normalized spacial score (nSPS) is 20.2. The molecular weight excluding hydrogens is 384 g/mol. The van der Waals surface area contributed by atoms with Gasteiger partial charge in [0.25, 0.3) is 0 Å². The number of ether oxygens (including phenoxy) is 2. The smallest absolute Gasteiger partial charge is 0.410 e. The maximum atomic E-state index is 12.6. The van der Waals surface area contributed by atoms with Gasteiger partial charge in [-0.3, -0.25) is 9.67 Å². The first kappa shape index (κ1) is 22.4. The van der Waals surface area contributed by atoms with Crippen molar-refractivity contribution >= 4 is 12.1 Å². The molecule has 1 atom stereocenters. The van der Waals surface area contributed by atoms with Gasteiger partial charge in [0.1, 0.15) is 11.7 Å². The van der Waals surface area contributed by atoms with Gasteiger partial charge in [-0.15, -0.1) is 0 Å². The summed E-state index contributed by atoms with van der Waals surface area (Å²) in [6, 6.07) is 0.288. The SMILES string of the molecule is CCNC(=NCCN(C(=O)OC(C)(C)C)C1CC1)N1CCOC(c2cnn(C)c2)C1. The fourth-order valence-electron chi connectivity index (χ4n) is 3.47. The van der Waals surface area contributed by atoms with Crippen molar-refractivity contribution in [3.8, 4) is 0 Å². The number of hydrogen-bond donors (Lipinski definition) is 1. The highest BCUT2D eigenvalue weighted by Crippen LogP contribution is 2.28. The van der Waals surface area contributed by atoms with E-state index in [1.807, 2.05) is 45.1 Å². The standard InChI is InChI=1S/C21H36N6O3/c1-6-22-19(26-11-12-29-18(15-26)16-13-24-25(5)14-16)23-9-10-27(17-7-8-17)20(28)30-21(2,3)4/h13-14,17-18H,6-12,15H2,1-5H3,(H,22,23). The zero-order valence-electron chi connectivity index (χ0n) is 18.9. The fourth-order valence-corrected chi connectivity index (χ4v) is 3.47. The molecule has 1 amide bonds. The summed E-state index contributed by atoms with van der Waals surface area (Å²) >= 11 is 0. The summed E-state index contributed by atoms with van der Waals surface area (Å²) in [6.45, 7) is 11.8. The third-order valence-electron chi connectivity index (χ3n) is 5.02. The van der Waals surface area contributed by atoms with Gasteiger partial charge < -0.3 is 24.6 Å². The Kier molecular flexibility index (Phi) is 7.23. The molecule has 30 heavy (non-hydrogen) atoms. The summed E-state index contributed by atoms with van der Waals surface area (Å²) < 4.78 is 13.3. The van der Waals surface area contributed by atoms with Crippen LogP contribution in [0.5, 0.6) is 0 Å². The van der Waals surface area contributed by atoms with Crippen molar-refractivity contribution in [1.82, 2.24) is 24.9 Å². The fraction of sp³-hybridized carbons (Fsp3) is 0.762. The summed E-state index contributed by atoms with van der Waals surface area (Å²) in [7, 11) is 1.91. The molecule has 1 aliphatic carbocycles. The summed E-state index contributed by atoms with van der Waals surface area (Å²) in [4.78, 5) is 21.4. The van der Waals surface area contributed by atoms with E-state index in [2.05, 4.69) is 22.2 Å². The van der Waals surface area contributed by atoms with Gasteiger partial charge in [0.05, 0.1) is 25.9 Å². The highest BCUT2D eigenvalue weighted by atomic mass is 16.6. The Morgan fingerprint density at radius 3 is 2.80 bits per heavy atom. The minimum Gasteiger partial charge on any atom is -0.444 e. The number of hydrogen-bond acceptors (Lipinski definition) is 5. The molecule has 168 valence electrons. The van der Waals surface area contributed by atoms with Gasteiger partial charge in [0, 0.05) is 44.5 Å². The summed E-state index contributed by atoms with van der Waals surface area (Å²) in [5, 5.41) is 7.63. The molecule has 9 nitrogen and oxygen atoms in total. The highest BCUT2D eigenvalue weighted by Gasteiger charge is 2.35. The zero-order valence-corrected chi connectivity index (χ0v) is 18.9. The molecule has 1 saturated carbocycles. The van der Waals surface area contributed by atoms with Gasteiger partial charge >= 0.3 is 6.09 Å². The third-order valence-corrected chi connectivity index (χ3v) is 5.02. The number of amides is 1. The number of aliphatic imine (C=N–C) groups is 1. The monoisotopic (exact) mass is 420 g/mol. The van der Waals surface area contributed by atoms with E-state index in [0.717, 1.165) is 44.0 Å². The Labute approximate surface area is 179 Å². The molecule has 9 heteroatoms. The summed E-state index contributed by atoms with van der Waals surface area (Å²) in [5.74, 6) is 0.856. The number of carbonyl (C=O) groups is 1. The first-order valence-electron chi connectivity index (χ1n) is 10.9. The van der Waals surface area contributed by atoms with Crippen molar-refractivity contribution in [1.29, 1.82) is 0 Å². The minimum absolute atomic E-state index is 0.0268. The molecular formula is C21H36N6O3. The van der Waals surface area contributed by atoms with Gasteiger partial charge in [-0.05, 0) is 40.5 Å². The van der Waals surface area contributed by atoms with Crippen LogP contribution in [0, 0.1) is 0 Å². The summed E-state index contributed by atoms with van der Waals surface area (Å²) in [6.07, 6.45) is 5.66. The molecule has 1 aromatic rings. The molecule has 2 aliphatic rings. The topological polar surface area (TPSA) is 84.2 Å². The predicted molar refractivity (Wildman–Crippen MR) is 115 cm³/mol. The van der Waals surface area contributed by atoms with E-state index in [0.29, 0.717) is 19.7 Å². The van der Waals surface area contributed by atoms with Crippen LogP contribution in [-0.2, 0) is 16.5 Å². The molecule has 0 radical (unpaired) electrons. The molecule has 1 aliphatic heterocycles. The molecule has 2 fully saturated rings. The molecule has 0 bridgehead atoms. The van der Waals surface area contributed by atoms with Crippen LogP contribution in [-0.4, -0.2) is 82.6 Å². The number of aromatic nitrogens is 2. The highest BCUT2D eigenvalue weighted by molar-refractivity contribution is 5.80. The molecule has 0 aromatic carbocycles. The van der Waals surface area contributed by atoms with Crippen molar-refractivity contribution < 1.29 is 14.3 Å². The lowest BCUT2D eigenvalue weighted by Crippen LogP contribution is -2.48. The van der Waals surface area contributed by atoms with Crippen LogP contribution in [0.15, 0.2) is 17.4 Å². The minimum atomic E-state index is -0.489. The number of nitrogens with one attached hydrogen (secondary N) is 1. The van der Waals surface area contributed by atoms with Crippen LogP contribution in [0.1, 0.15) is 52.2 Å². The molecule has 0 spiro atoms. The number of aryl methyl sites for hydroxylation is 1. The molecule has 1 saturated heterocycles. The van der Waals surface area contributed by atoms with Crippen LogP contribution >= 0.6 is 0 Å². The van der Waals surface area contributed by atoms with E-state index in [9.17, 15) is 4.79 Å². The number of rotatable bonds is 6. The van der Waals surface area contributed by atoms with Gasteiger partial charge in [-0.2, -0.15) is 5.10 Å². The lowest BCUT2D eigenvalue weighted by molar-refractivity contribution is -0.00806. The van der Waals surface area contributed by atoms with Crippen LogP contribution in [0.4, 0.5) is 4.79 Å². The molecule has 3 rings (SSSR count). The Morgan fingerprint density at radius 2 is 2.20 bits per heavy atom. The second-order valence-electron chi connectivity index (χ2n) is 8.89. The van der Waals surface area contributed by atoms with Crippen LogP contribution < -0.4 is 5.32 Å². The molecule has 1 unspecified atom stereocenters. The van der Waals surface area contributed by atoms with E-state index >= 15 is 0 Å². The van der Waals surface area contributed by atoms with Crippen LogP contribution in [0.3, 0.4) is 0 Å². The first-order chi connectivity index (χ1) is 14.3. The first-order valence-corrected chi connectivity index (χ1v) is 10.9. The quantitative estimate of drug-likeness (QED) is 0.561. The molecule has 2 heterocycles. The van der Waals surface area contributed by atoms with E-state index in [1.165, 1.54) is 0 Å². The van der Waals surface area contributed by atoms with Gasteiger partial charge in [0.15, 0.2) is 5.96 Å². The van der Waals surface area contributed by atoms with Crippen molar-refractivity contribution in [2.75, 3.05) is 39.3 Å². The van der Waals surface area contributed by atoms with Crippen molar-refractivity contribution in [3.63, 3.8) is 0 Å². The lowest BCUT2D eigenvalue weighted by Gasteiger charge is -2.35. The van der Waals surface area contributed by atoms with E-state index in [1.54, 1.807) is 4.68 Å². The Bertz CT molecular complexity index is 737. The maximum Gasteiger partial charge on any atom is 0.410 e. The number of guanidine groups is 1. The maximum absolute atomic E-state index is 12.6. The van der Waals surface area contributed by atoms with Crippen molar-refractivity contribution in [2.45, 2.75) is 58.3 Å². The second-order valence-corrected chi connectivity index (χ2v) is 8.89. The van der Waals surface area contributed by atoms with Crippen molar-refractivity contribution in [2.24, 2.45) is 12.0 Å². The average Bonchev–Trinajstić information content (AvgIpc) is 3.42. The lowest BCUT2D eigenvalue weighted by atomic mass is 10.1. The predicted octanol–water partition coefficient (Wildman–Crippen LogP) is 2.16. The van der Waals surface area contributed by atoms with Gasteiger partial charge in [-0.1, -0.05) is 0 Å². The third kappa shape index (κ3) is 6.35. The largest absolute Gasteiger partial charge is 0.444 e. The molecule has 1 N–H and O–H groups in total. The number of nitrogens with zero attached hydrogens (tertiary/aromatic N) is 5. The zero-order chi connectivity index (χ0) is 21.7. The van der Waals surface area contributed by atoms with Gasteiger partial charge in [0.2, 0.25) is 0 Å². The van der Waals surface area contributed by atoms with Crippen molar-refractivity contribution in [3.05, 3.63) is 18.0 Å². The van der Waals surface area contributed by atoms with Crippen LogP contribution in [0.2, 0.25) is 0 Å². The molecule has 1 aromatic heterocycles. The van der Waals surface area contributed by atoms with E-state index in [-0.39, 0.29) is 18.2 Å².